The Kier molecular flexibility index (Phi) is 2.56. The van der Waals surface area contributed by atoms with Gasteiger partial charge in [0.25, 0.3) is 0 Å². The van der Waals surface area contributed by atoms with Crippen LogP contribution in [-0.2, 0) is 0 Å². The number of methoxy groups -OCH3 is 1. The zero-order valence-electron chi connectivity index (χ0n) is 10.4. The maximum Gasteiger partial charge on any atom is 0.134 e. The van der Waals surface area contributed by atoms with E-state index in [1.54, 1.807) is 7.11 Å². The van der Waals surface area contributed by atoms with Gasteiger partial charge in [0, 0.05) is 5.39 Å². The third-order valence-electron chi connectivity index (χ3n) is 3.06. The number of fused-ring (bicyclic) bond motifs is 1. The Balaban J connectivity index is 2.06. The molecule has 0 N–H and O–H groups in total. The van der Waals surface area contributed by atoms with Crippen LogP contribution in [0.2, 0.25) is 0 Å². The van der Waals surface area contributed by atoms with Crippen LogP contribution in [-0.4, -0.2) is 7.11 Å². The van der Waals surface area contributed by atoms with E-state index < -0.39 is 0 Å². The first-order valence-corrected chi connectivity index (χ1v) is 5.91. The standard InChI is InChI=1S/C16H14O2/c1-11-9-14-10-13(5-8-16(14)18-11)12-3-6-15(17-2)7-4-12/h3-10H,1-2H3. The van der Waals surface area contributed by atoms with Crippen LogP contribution in [0.5, 0.6) is 5.75 Å². The van der Waals surface area contributed by atoms with Gasteiger partial charge in [-0.3, -0.25) is 0 Å². The first-order chi connectivity index (χ1) is 8.76. The summed E-state index contributed by atoms with van der Waals surface area (Å²) in [5.41, 5.74) is 3.30. The summed E-state index contributed by atoms with van der Waals surface area (Å²) in [5.74, 6) is 1.82. The van der Waals surface area contributed by atoms with Crippen LogP contribution in [0.25, 0.3) is 22.1 Å². The number of ether oxygens (including phenoxy) is 1. The molecule has 0 spiro atoms. The van der Waals surface area contributed by atoms with E-state index in [9.17, 15) is 0 Å². The Bertz CT molecular complexity index is 678. The summed E-state index contributed by atoms with van der Waals surface area (Å²) in [7, 11) is 1.68. The van der Waals surface area contributed by atoms with Crippen LogP contribution in [0.3, 0.4) is 0 Å². The Hall–Kier alpha value is -2.22. The molecule has 0 radical (unpaired) electrons. The van der Waals surface area contributed by atoms with Gasteiger partial charge in [0.1, 0.15) is 17.1 Å². The number of benzene rings is 2. The van der Waals surface area contributed by atoms with Crippen LogP contribution in [0.15, 0.2) is 52.9 Å². The van der Waals surface area contributed by atoms with E-state index in [2.05, 4.69) is 30.3 Å². The lowest BCUT2D eigenvalue weighted by Gasteiger charge is -2.03. The zero-order valence-corrected chi connectivity index (χ0v) is 10.4. The smallest absolute Gasteiger partial charge is 0.134 e. The predicted octanol–water partition coefficient (Wildman–Crippen LogP) is 4.42. The van der Waals surface area contributed by atoms with Crippen LogP contribution in [0, 0.1) is 6.92 Å². The highest BCUT2D eigenvalue weighted by atomic mass is 16.5. The minimum absolute atomic E-state index is 0.874. The van der Waals surface area contributed by atoms with Crippen LogP contribution < -0.4 is 4.74 Å². The van der Waals surface area contributed by atoms with Gasteiger partial charge < -0.3 is 9.15 Å². The van der Waals surface area contributed by atoms with Gasteiger partial charge in [0.05, 0.1) is 7.11 Å². The van der Waals surface area contributed by atoms with Crippen molar-refractivity contribution in [2.45, 2.75) is 6.92 Å². The van der Waals surface area contributed by atoms with Gasteiger partial charge in [-0.15, -0.1) is 0 Å². The Morgan fingerprint density at radius 1 is 0.889 bits per heavy atom. The monoisotopic (exact) mass is 238 g/mol. The number of hydrogen-bond acceptors (Lipinski definition) is 2. The van der Waals surface area contributed by atoms with E-state index in [4.69, 9.17) is 9.15 Å². The Morgan fingerprint density at radius 3 is 2.33 bits per heavy atom. The lowest BCUT2D eigenvalue weighted by atomic mass is 10.0. The third kappa shape index (κ3) is 1.86. The van der Waals surface area contributed by atoms with Crippen molar-refractivity contribution in [3.63, 3.8) is 0 Å². The Labute approximate surface area is 106 Å². The molecule has 0 atom stereocenters. The molecule has 0 aliphatic heterocycles. The van der Waals surface area contributed by atoms with Gasteiger partial charge in [0.2, 0.25) is 0 Å². The molecule has 1 aromatic heterocycles. The van der Waals surface area contributed by atoms with Crippen molar-refractivity contribution in [2.75, 3.05) is 7.11 Å². The largest absolute Gasteiger partial charge is 0.497 e. The molecule has 0 saturated carbocycles. The minimum atomic E-state index is 0.874. The average molecular weight is 238 g/mol. The molecule has 0 amide bonds. The van der Waals surface area contributed by atoms with Crippen LogP contribution >= 0.6 is 0 Å². The molecule has 0 aliphatic carbocycles. The van der Waals surface area contributed by atoms with E-state index in [-0.39, 0.29) is 0 Å². The van der Waals surface area contributed by atoms with E-state index in [0.29, 0.717) is 0 Å². The summed E-state index contributed by atoms with van der Waals surface area (Å²) < 4.78 is 10.7. The quantitative estimate of drug-likeness (QED) is 0.659. The first kappa shape index (κ1) is 10.9. The first-order valence-electron chi connectivity index (χ1n) is 5.91. The molecule has 0 bridgehead atoms. The van der Waals surface area contributed by atoms with Crippen molar-refractivity contribution in [2.24, 2.45) is 0 Å². The van der Waals surface area contributed by atoms with E-state index in [1.807, 2.05) is 25.1 Å². The second-order valence-electron chi connectivity index (χ2n) is 4.34. The van der Waals surface area contributed by atoms with E-state index in [1.165, 1.54) is 11.1 Å². The normalized spacial score (nSPS) is 10.8. The van der Waals surface area contributed by atoms with Crippen molar-refractivity contribution >= 4 is 11.0 Å². The number of furan rings is 1. The fraction of sp³-hybridized carbons (Fsp3) is 0.125. The topological polar surface area (TPSA) is 22.4 Å². The van der Waals surface area contributed by atoms with E-state index >= 15 is 0 Å². The molecular formula is C16H14O2. The third-order valence-corrected chi connectivity index (χ3v) is 3.06. The van der Waals surface area contributed by atoms with Crippen molar-refractivity contribution in [1.29, 1.82) is 0 Å². The molecule has 2 heteroatoms. The molecular weight excluding hydrogens is 224 g/mol. The lowest BCUT2D eigenvalue weighted by molar-refractivity contribution is 0.415. The van der Waals surface area contributed by atoms with Crippen LogP contribution in [0.1, 0.15) is 5.76 Å². The average Bonchev–Trinajstić information content (AvgIpc) is 2.78. The van der Waals surface area contributed by atoms with Crippen molar-refractivity contribution < 1.29 is 9.15 Å². The zero-order chi connectivity index (χ0) is 12.5. The van der Waals surface area contributed by atoms with Gasteiger partial charge >= 0.3 is 0 Å². The fourth-order valence-electron chi connectivity index (χ4n) is 2.14. The summed E-state index contributed by atoms with van der Waals surface area (Å²) in [6, 6.07) is 16.4. The molecule has 2 nitrogen and oxygen atoms in total. The predicted molar refractivity (Wildman–Crippen MR) is 72.9 cm³/mol. The SMILES string of the molecule is COc1ccc(-c2ccc3oc(C)cc3c2)cc1. The van der Waals surface area contributed by atoms with Gasteiger partial charge in [-0.25, -0.2) is 0 Å². The van der Waals surface area contributed by atoms with Gasteiger partial charge in [-0.1, -0.05) is 18.2 Å². The minimum Gasteiger partial charge on any atom is -0.497 e. The highest BCUT2D eigenvalue weighted by Crippen LogP contribution is 2.27. The molecule has 2 aromatic carbocycles. The Morgan fingerprint density at radius 2 is 1.61 bits per heavy atom. The van der Waals surface area contributed by atoms with Crippen molar-refractivity contribution in [3.8, 4) is 16.9 Å². The van der Waals surface area contributed by atoms with E-state index in [0.717, 1.165) is 22.5 Å². The molecule has 0 saturated heterocycles. The molecule has 0 fully saturated rings. The number of rotatable bonds is 2. The molecule has 3 rings (SSSR count). The molecule has 0 aliphatic rings. The van der Waals surface area contributed by atoms with Crippen LogP contribution in [0.4, 0.5) is 0 Å². The summed E-state index contributed by atoms with van der Waals surface area (Å²) in [4.78, 5) is 0. The molecule has 0 unspecified atom stereocenters. The van der Waals surface area contributed by atoms with Crippen molar-refractivity contribution in [1.82, 2.24) is 0 Å². The molecule has 3 aromatic rings. The number of hydrogen-bond donors (Lipinski definition) is 0. The molecule has 18 heavy (non-hydrogen) atoms. The maximum atomic E-state index is 5.58. The van der Waals surface area contributed by atoms with Crippen molar-refractivity contribution in [3.05, 3.63) is 54.3 Å². The van der Waals surface area contributed by atoms with Gasteiger partial charge in [-0.2, -0.15) is 0 Å². The second kappa shape index (κ2) is 4.22. The molecule has 90 valence electrons. The second-order valence-corrected chi connectivity index (χ2v) is 4.34. The maximum absolute atomic E-state index is 5.58. The number of aryl methyl sites for hydroxylation is 1. The fourth-order valence-corrected chi connectivity index (χ4v) is 2.14. The van der Waals surface area contributed by atoms with Gasteiger partial charge in [-0.05, 0) is 48.4 Å². The summed E-state index contributed by atoms with van der Waals surface area (Å²) in [6.07, 6.45) is 0. The summed E-state index contributed by atoms with van der Waals surface area (Å²) in [5, 5.41) is 1.14. The lowest BCUT2D eigenvalue weighted by Crippen LogP contribution is -1.82. The highest BCUT2D eigenvalue weighted by molar-refractivity contribution is 5.84. The highest BCUT2D eigenvalue weighted by Gasteiger charge is 2.03. The van der Waals surface area contributed by atoms with Gasteiger partial charge in [0.15, 0.2) is 0 Å². The summed E-state index contributed by atoms with van der Waals surface area (Å²) in [6.45, 7) is 1.97. The molecule has 1 heterocycles. The summed E-state index contributed by atoms with van der Waals surface area (Å²) >= 11 is 0.